The van der Waals surface area contributed by atoms with Crippen molar-refractivity contribution in [3.8, 4) is 0 Å². The Labute approximate surface area is 109 Å². The van der Waals surface area contributed by atoms with E-state index in [9.17, 15) is 4.79 Å². The molecule has 1 aliphatic heterocycles. The topological polar surface area (TPSA) is 66.7 Å². The van der Waals surface area contributed by atoms with Gasteiger partial charge in [-0.2, -0.15) is 0 Å². The predicted molar refractivity (Wildman–Crippen MR) is 67.7 cm³/mol. The number of carbonyl (C=O) groups excluding carboxylic acids is 1. The molecule has 0 saturated heterocycles. The van der Waals surface area contributed by atoms with Crippen molar-refractivity contribution >= 4 is 5.91 Å². The van der Waals surface area contributed by atoms with Gasteiger partial charge >= 0.3 is 0 Å². The second-order valence-electron chi connectivity index (χ2n) is 4.64. The van der Waals surface area contributed by atoms with Crippen molar-refractivity contribution in [1.29, 1.82) is 0 Å². The summed E-state index contributed by atoms with van der Waals surface area (Å²) in [5.41, 5.74) is 5.53. The highest BCUT2D eigenvalue weighted by Crippen LogP contribution is 2.51. The molecule has 2 heterocycles. The molecule has 2 aliphatic carbocycles. The number of allylic oxidation sites excluding steroid dienone is 3. The summed E-state index contributed by atoms with van der Waals surface area (Å²) in [6.07, 6.45) is 4.72. The van der Waals surface area contributed by atoms with Crippen LogP contribution in [0, 0.1) is 0 Å². The number of carbonyl (C=O) groups is 1. The van der Waals surface area contributed by atoms with Crippen LogP contribution in [0.2, 0.25) is 0 Å². The van der Waals surface area contributed by atoms with Crippen LogP contribution >= 0.6 is 0 Å². The zero-order valence-corrected chi connectivity index (χ0v) is 10.1. The highest BCUT2D eigenvalue weighted by Gasteiger charge is 2.38. The van der Waals surface area contributed by atoms with Crippen LogP contribution in [-0.4, -0.2) is 10.9 Å². The lowest BCUT2D eigenvalue weighted by atomic mass is 10.1. The van der Waals surface area contributed by atoms with E-state index < -0.39 is 0 Å². The number of amides is 1. The van der Waals surface area contributed by atoms with E-state index in [0.29, 0.717) is 12.2 Å². The molecule has 1 saturated carbocycles. The summed E-state index contributed by atoms with van der Waals surface area (Å²) in [5, 5.41) is 10.9. The summed E-state index contributed by atoms with van der Waals surface area (Å²) in [6.45, 7) is 0.397. The van der Waals surface area contributed by atoms with E-state index in [1.807, 2.05) is 24.3 Å². The second kappa shape index (κ2) is 3.71. The number of pyridine rings is 1. The first kappa shape index (κ1) is 10.4. The third kappa shape index (κ3) is 1.62. The van der Waals surface area contributed by atoms with Gasteiger partial charge in [-0.1, -0.05) is 6.07 Å². The molecule has 1 N–H and O–H groups in total. The number of nitrogens with zero attached hydrogens (tertiary/aromatic N) is 3. The second-order valence-corrected chi connectivity index (χ2v) is 4.64. The standard InChI is InChI=1S/C14H10N4O/c19-14(16-7-9-3-1-2-4-15-9)13-11-6-8-5-10(8)12(11)17-18-13/h1-4,6H,5,7H2,(H,16,19). The normalized spacial score (nSPS) is 18.4. The fraction of sp³-hybridized carbons (Fsp3) is 0.143. The Kier molecular flexibility index (Phi) is 2.03. The van der Waals surface area contributed by atoms with E-state index in [0.717, 1.165) is 23.4 Å². The van der Waals surface area contributed by atoms with E-state index in [1.165, 1.54) is 11.1 Å². The first-order chi connectivity index (χ1) is 9.33. The van der Waals surface area contributed by atoms with Gasteiger partial charge in [0, 0.05) is 18.2 Å². The maximum absolute atomic E-state index is 12.1. The molecule has 19 heavy (non-hydrogen) atoms. The molecular weight excluding hydrogens is 240 g/mol. The van der Waals surface area contributed by atoms with Crippen molar-refractivity contribution in [2.24, 2.45) is 10.2 Å². The lowest BCUT2D eigenvalue weighted by Crippen LogP contribution is -2.24. The first-order valence-electron chi connectivity index (χ1n) is 6.11. The molecular formula is C14H10N4O. The van der Waals surface area contributed by atoms with Gasteiger partial charge in [0.15, 0.2) is 5.70 Å². The van der Waals surface area contributed by atoms with Gasteiger partial charge in [-0.3, -0.25) is 9.78 Å². The molecule has 4 rings (SSSR count). The molecule has 1 aromatic rings. The monoisotopic (exact) mass is 250 g/mol. The van der Waals surface area contributed by atoms with Crippen LogP contribution in [0.1, 0.15) is 12.1 Å². The van der Waals surface area contributed by atoms with Gasteiger partial charge in [-0.25, -0.2) is 0 Å². The number of fused-ring (bicyclic) bond motifs is 2. The van der Waals surface area contributed by atoms with Crippen molar-refractivity contribution in [2.75, 3.05) is 0 Å². The molecule has 0 bridgehead atoms. The molecule has 92 valence electrons. The fourth-order valence-corrected chi connectivity index (χ4v) is 2.30. The summed E-state index contributed by atoms with van der Waals surface area (Å²) in [4.78, 5) is 16.2. The fourth-order valence-electron chi connectivity index (χ4n) is 2.30. The molecule has 0 aromatic carbocycles. The smallest absolute Gasteiger partial charge is 0.272 e. The largest absolute Gasteiger partial charge is 0.345 e. The van der Waals surface area contributed by atoms with Crippen molar-refractivity contribution in [3.63, 3.8) is 0 Å². The minimum atomic E-state index is -0.196. The number of aromatic nitrogens is 1. The number of hydrogen-bond donors (Lipinski definition) is 1. The maximum Gasteiger partial charge on any atom is 0.272 e. The van der Waals surface area contributed by atoms with Crippen LogP contribution in [-0.2, 0) is 11.3 Å². The minimum Gasteiger partial charge on any atom is -0.345 e. The van der Waals surface area contributed by atoms with Gasteiger partial charge in [-0.15, -0.1) is 10.2 Å². The minimum absolute atomic E-state index is 0.196. The van der Waals surface area contributed by atoms with E-state index in [-0.39, 0.29) is 5.91 Å². The Morgan fingerprint density at radius 1 is 1.32 bits per heavy atom. The summed E-state index contributed by atoms with van der Waals surface area (Å²) in [6, 6.07) is 5.61. The van der Waals surface area contributed by atoms with Crippen LogP contribution in [0.25, 0.3) is 0 Å². The van der Waals surface area contributed by atoms with Crippen LogP contribution in [0.4, 0.5) is 0 Å². The number of hydrogen-bond acceptors (Lipinski definition) is 4. The molecule has 5 heteroatoms. The molecule has 1 amide bonds. The van der Waals surface area contributed by atoms with Crippen LogP contribution in [0.15, 0.2) is 68.8 Å². The Morgan fingerprint density at radius 3 is 3.11 bits per heavy atom. The average Bonchev–Trinajstić information content (AvgIpc) is 2.93. The van der Waals surface area contributed by atoms with Gasteiger partial charge in [0.2, 0.25) is 0 Å². The molecule has 1 aromatic heterocycles. The molecule has 3 aliphatic rings. The molecule has 0 spiro atoms. The van der Waals surface area contributed by atoms with Crippen LogP contribution < -0.4 is 5.32 Å². The zero-order chi connectivity index (χ0) is 12.8. The zero-order valence-electron chi connectivity index (χ0n) is 10.1. The Bertz CT molecular complexity index is 710. The Balaban J connectivity index is 1.51. The van der Waals surface area contributed by atoms with E-state index in [4.69, 9.17) is 0 Å². The van der Waals surface area contributed by atoms with Crippen LogP contribution in [0.3, 0.4) is 0 Å². The molecule has 0 atom stereocenters. The van der Waals surface area contributed by atoms with E-state index >= 15 is 0 Å². The average molecular weight is 250 g/mol. The molecule has 0 unspecified atom stereocenters. The first-order valence-corrected chi connectivity index (χ1v) is 6.11. The maximum atomic E-state index is 12.1. The van der Waals surface area contributed by atoms with Gasteiger partial charge in [0.1, 0.15) is 0 Å². The summed E-state index contributed by atoms with van der Waals surface area (Å²) >= 11 is 0. The highest BCUT2D eigenvalue weighted by atomic mass is 16.2. The lowest BCUT2D eigenvalue weighted by Gasteiger charge is -2.03. The number of nitrogens with one attached hydrogen (secondary N) is 1. The predicted octanol–water partition coefficient (Wildman–Crippen LogP) is 2.02. The SMILES string of the molecule is O=C(NCc1ccccn1)C1=C2C=C3CC3=C2N=N1. The third-order valence-corrected chi connectivity index (χ3v) is 3.37. The van der Waals surface area contributed by atoms with Gasteiger partial charge in [-0.05, 0) is 29.4 Å². The van der Waals surface area contributed by atoms with E-state index in [1.54, 1.807) is 6.20 Å². The third-order valence-electron chi connectivity index (χ3n) is 3.37. The van der Waals surface area contributed by atoms with Gasteiger partial charge in [0.05, 0.1) is 17.9 Å². The van der Waals surface area contributed by atoms with Crippen molar-refractivity contribution in [3.05, 3.63) is 64.3 Å². The highest BCUT2D eigenvalue weighted by molar-refractivity contribution is 5.97. The van der Waals surface area contributed by atoms with Gasteiger partial charge in [0.25, 0.3) is 5.91 Å². The summed E-state index contributed by atoms with van der Waals surface area (Å²) in [5.74, 6) is -0.196. The summed E-state index contributed by atoms with van der Waals surface area (Å²) < 4.78 is 0. The number of azo groups is 1. The molecule has 5 nitrogen and oxygen atoms in total. The summed E-state index contributed by atoms with van der Waals surface area (Å²) in [7, 11) is 0. The Hall–Kier alpha value is -2.56. The quantitative estimate of drug-likeness (QED) is 0.891. The number of rotatable bonds is 3. The van der Waals surface area contributed by atoms with Gasteiger partial charge < -0.3 is 5.32 Å². The van der Waals surface area contributed by atoms with Crippen molar-refractivity contribution in [1.82, 2.24) is 10.3 Å². The molecule has 0 radical (unpaired) electrons. The lowest BCUT2D eigenvalue weighted by molar-refractivity contribution is -0.117. The Morgan fingerprint density at radius 2 is 2.26 bits per heavy atom. The molecule has 1 fully saturated rings. The van der Waals surface area contributed by atoms with E-state index in [2.05, 4.69) is 20.5 Å². The van der Waals surface area contributed by atoms with Crippen LogP contribution in [0.5, 0.6) is 0 Å². The van der Waals surface area contributed by atoms with Crippen molar-refractivity contribution in [2.45, 2.75) is 13.0 Å². The van der Waals surface area contributed by atoms with Crippen molar-refractivity contribution < 1.29 is 4.79 Å².